The van der Waals surface area contributed by atoms with Gasteiger partial charge in [-0.2, -0.15) is 15.0 Å². The lowest BCUT2D eigenvalue weighted by molar-refractivity contribution is 0.121. The molecule has 0 atom stereocenters. The van der Waals surface area contributed by atoms with Gasteiger partial charge >= 0.3 is 0 Å². The molecular weight excluding hydrogens is 378 g/mol. The zero-order valence-corrected chi connectivity index (χ0v) is 14.9. The average Bonchev–Trinajstić information content (AvgIpc) is 3.09. The molecule has 4 heterocycles. The lowest BCUT2D eigenvalue weighted by Gasteiger charge is -2.30. The van der Waals surface area contributed by atoms with Crippen molar-refractivity contribution in [2.75, 3.05) is 74.0 Å². The number of morpholine rings is 2. The third-order valence-electron chi connectivity index (χ3n) is 4.13. The van der Waals surface area contributed by atoms with E-state index in [1.165, 1.54) is 0 Å². The lowest BCUT2D eigenvalue weighted by atomic mass is 10.4. The molecule has 0 radical (unpaired) electrons. The Hall–Kier alpha value is -1.65. The fourth-order valence-corrected chi connectivity index (χ4v) is 3.17. The maximum Gasteiger partial charge on any atom is 0.237 e. The number of hydrogen-bond donors (Lipinski definition) is 1. The van der Waals surface area contributed by atoms with Crippen molar-refractivity contribution in [3.05, 3.63) is 10.8 Å². The van der Waals surface area contributed by atoms with E-state index < -0.39 is 0 Å². The van der Waals surface area contributed by atoms with Crippen molar-refractivity contribution in [1.82, 2.24) is 20.3 Å². The van der Waals surface area contributed by atoms with Gasteiger partial charge in [0.05, 0.1) is 37.7 Å². The first-order valence-electron chi connectivity index (χ1n) is 8.09. The summed E-state index contributed by atoms with van der Waals surface area (Å²) in [6, 6.07) is 0. The Morgan fingerprint density at radius 2 is 1.33 bits per heavy atom. The quantitative estimate of drug-likeness (QED) is 0.714. The molecule has 1 N–H and O–H groups in total. The summed E-state index contributed by atoms with van der Waals surface area (Å²) in [7, 11) is 0. The molecule has 9 nitrogen and oxygen atoms in total. The number of anilines is 3. The number of nitrogens with one attached hydrogen (secondary N) is 1. The van der Waals surface area contributed by atoms with Gasteiger partial charge in [0, 0.05) is 32.4 Å². The Morgan fingerprint density at radius 3 is 1.79 bits per heavy atom. The molecular formula is C14H20BrN7O2. The molecule has 0 saturated carbocycles. The topological polar surface area (TPSA) is 78.9 Å². The van der Waals surface area contributed by atoms with Crippen LogP contribution in [0.5, 0.6) is 0 Å². The fourth-order valence-electron chi connectivity index (χ4n) is 2.80. The van der Waals surface area contributed by atoms with Crippen molar-refractivity contribution in [3.8, 4) is 0 Å². The zero-order chi connectivity index (χ0) is 16.4. The average molecular weight is 398 g/mol. The minimum atomic E-state index is 0.635. The second-order valence-electron chi connectivity index (χ2n) is 5.72. The second-order valence-corrected chi connectivity index (χ2v) is 6.57. The normalized spacial score (nSPS) is 21.7. The summed E-state index contributed by atoms with van der Waals surface area (Å²) in [5.41, 5.74) is 0. The SMILES string of the molecule is BrC1=CN(c2nc(N3CCOCC3)nc(N3CCOCC3)n2)CN1. The van der Waals surface area contributed by atoms with Crippen molar-refractivity contribution in [3.63, 3.8) is 0 Å². The molecule has 3 aliphatic heterocycles. The number of nitrogens with zero attached hydrogens (tertiary/aromatic N) is 6. The Bertz CT molecular complexity index is 581. The molecule has 24 heavy (non-hydrogen) atoms. The van der Waals surface area contributed by atoms with Gasteiger partial charge in [-0.1, -0.05) is 0 Å². The molecule has 0 bridgehead atoms. The van der Waals surface area contributed by atoms with Crippen LogP contribution >= 0.6 is 15.9 Å². The van der Waals surface area contributed by atoms with Gasteiger partial charge in [0.25, 0.3) is 0 Å². The maximum absolute atomic E-state index is 5.44. The van der Waals surface area contributed by atoms with Crippen molar-refractivity contribution in [2.24, 2.45) is 0 Å². The van der Waals surface area contributed by atoms with Crippen LogP contribution in [0.4, 0.5) is 17.8 Å². The van der Waals surface area contributed by atoms with Crippen molar-refractivity contribution in [1.29, 1.82) is 0 Å². The van der Waals surface area contributed by atoms with Crippen molar-refractivity contribution >= 4 is 33.8 Å². The van der Waals surface area contributed by atoms with E-state index in [-0.39, 0.29) is 0 Å². The monoisotopic (exact) mass is 397 g/mol. The molecule has 10 heteroatoms. The highest BCUT2D eigenvalue weighted by Gasteiger charge is 2.23. The van der Waals surface area contributed by atoms with Gasteiger partial charge in [0.2, 0.25) is 17.8 Å². The van der Waals surface area contributed by atoms with E-state index >= 15 is 0 Å². The van der Waals surface area contributed by atoms with E-state index in [1.54, 1.807) is 0 Å². The molecule has 0 amide bonds. The highest BCUT2D eigenvalue weighted by molar-refractivity contribution is 9.11. The van der Waals surface area contributed by atoms with Crippen molar-refractivity contribution < 1.29 is 9.47 Å². The molecule has 3 aliphatic rings. The summed E-state index contributed by atoms with van der Waals surface area (Å²) in [5, 5.41) is 3.20. The molecule has 0 aromatic carbocycles. The van der Waals surface area contributed by atoms with E-state index in [1.807, 2.05) is 11.1 Å². The van der Waals surface area contributed by atoms with E-state index in [0.29, 0.717) is 50.9 Å². The van der Waals surface area contributed by atoms with Crippen LogP contribution in [0.1, 0.15) is 0 Å². The first-order chi connectivity index (χ1) is 11.8. The maximum atomic E-state index is 5.44. The fraction of sp³-hybridized carbons (Fsp3) is 0.643. The molecule has 1 aromatic rings. The molecule has 4 rings (SSSR count). The number of hydrogen-bond acceptors (Lipinski definition) is 9. The van der Waals surface area contributed by atoms with E-state index in [4.69, 9.17) is 14.5 Å². The summed E-state index contributed by atoms with van der Waals surface area (Å²) in [6.07, 6.45) is 1.95. The molecule has 2 fully saturated rings. The summed E-state index contributed by atoms with van der Waals surface area (Å²) in [6.45, 7) is 6.61. The Balaban J connectivity index is 1.66. The van der Waals surface area contributed by atoms with E-state index in [2.05, 4.69) is 41.0 Å². The minimum absolute atomic E-state index is 0.635. The highest BCUT2D eigenvalue weighted by atomic mass is 79.9. The van der Waals surface area contributed by atoms with E-state index in [9.17, 15) is 0 Å². The predicted octanol–water partition coefficient (Wildman–Crippen LogP) is 0.106. The van der Waals surface area contributed by atoms with Crippen molar-refractivity contribution in [2.45, 2.75) is 0 Å². The summed E-state index contributed by atoms with van der Waals surface area (Å²) < 4.78 is 11.8. The third-order valence-corrected chi connectivity index (χ3v) is 4.62. The van der Waals surface area contributed by atoms with Gasteiger partial charge in [0.15, 0.2) is 0 Å². The Labute approximate surface area is 148 Å². The minimum Gasteiger partial charge on any atom is -0.378 e. The Morgan fingerprint density at radius 1 is 0.833 bits per heavy atom. The molecule has 0 unspecified atom stereocenters. The van der Waals surface area contributed by atoms with Crippen LogP contribution in [0, 0.1) is 0 Å². The van der Waals surface area contributed by atoms with Gasteiger partial charge < -0.3 is 24.6 Å². The first-order valence-corrected chi connectivity index (χ1v) is 8.88. The molecule has 2 saturated heterocycles. The first kappa shape index (κ1) is 15.9. The predicted molar refractivity (Wildman–Crippen MR) is 93.4 cm³/mol. The summed E-state index contributed by atoms with van der Waals surface area (Å²) in [4.78, 5) is 20.3. The molecule has 130 valence electrons. The standard InChI is InChI=1S/C14H20BrN7O2/c15-11-9-22(10-16-11)14-18-12(20-1-5-23-6-2-20)17-13(19-14)21-3-7-24-8-4-21/h9,16H,1-8,10H2. The number of rotatable bonds is 3. The van der Waals surface area contributed by atoms with Gasteiger partial charge in [-0.25, -0.2) is 0 Å². The number of aromatic nitrogens is 3. The Kier molecular flexibility index (Phi) is 4.67. The molecule has 0 spiro atoms. The van der Waals surface area contributed by atoms with Gasteiger partial charge in [0.1, 0.15) is 0 Å². The largest absolute Gasteiger partial charge is 0.378 e. The lowest BCUT2D eigenvalue weighted by Crippen LogP contribution is -2.40. The van der Waals surface area contributed by atoms with Crippen LogP contribution in [-0.2, 0) is 9.47 Å². The van der Waals surface area contributed by atoms with Crippen LogP contribution in [0.15, 0.2) is 10.8 Å². The highest BCUT2D eigenvalue weighted by Crippen LogP contribution is 2.23. The summed E-state index contributed by atoms with van der Waals surface area (Å²) >= 11 is 3.45. The zero-order valence-electron chi connectivity index (χ0n) is 13.3. The molecule has 1 aromatic heterocycles. The van der Waals surface area contributed by atoms with Gasteiger partial charge in [-0.3, -0.25) is 4.90 Å². The number of ether oxygens (including phenoxy) is 2. The smallest absolute Gasteiger partial charge is 0.237 e. The second kappa shape index (κ2) is 7.08. The van der Waals surface area contributed by atoms with Crippen LogP contribution < -0.4 is 20.0 Å². The number of halogens is 1. The van der Waals surface area contributed by atoms with Crippen LogP contribution in [0.2, 0.25) is 0 Å². The summed E-state index contributed by atoms with van der Waals surface area (Å²) in [5.74, 6) is 2.07. The van der Waals surface area contributed by atoms with Gasteiger partial charge in [-0.15, -0.1) is 0 Å². The van der Waals surface area contributed by atoms with E-state index in [0.717, 1.165) is 30.8 Å². The van der Waals surface area contributed by atoms with Crippen LogP contribution in [0.25, 0.3) is 0 Å². The van der Waals surface area contributed by atoms with Crippen LogP contribution in [0.3, 0.4) is 0 Å². The molecule has 0 aliphatic carbocycles. The van der Waals surface area contributed by atoms with Gasteiger partial charge in [-0.05, 0) is 15.9 Å². The van der Waals surface area contributed by atoms with Crippen LogP contribution in [-0.4, -0.2) is 74.2 Å². The third kappa shape index (κ3) is 3.40.